The van der Waals surface area contributed by atoms with Gasteiger partial charge in [0.25, 0.3) is 0 Å². The molecule has 0 spiro atoms. The fourth-order valence-corrected chi connectivity index (χ4v) is 6.36. The van der Waals surface area contributed by atoms with Crippen molar-refractivity contribution in [3.8, 4) is 28.2 Å². The first-order chi connectivity index (χ1) is 24.2. The second-order valence-electron chi connectivity index (χ2n) is 11.0. The van der Waals surface area contributed by atoms with Gasteiger partial charge in [0.2, 0.25) is 10.6 Å². The van der Waals surface area contributed by atoms with Crippen molar-refractivity contribution in [3.63, 3.8) is 0 Å². The van der Waals surface area contributed by atoms with Crippen LogP contribution in [0.3, 0.4) is 0 Å². The number of hydrogen-bond acceptors (Lipinski definition) is 7. The number of aromatic amines is 1. The van der Waals surface area contributed by atoms with Gasteiger partial charge in [0.05, 0.1) is 16.9 Å². The summed E-state index contributed by atoms with van der Waals surface area (Å²) in [5, 5.41) is 2.77. The molecule has 9 nitrogen and oxygen atoms in total. The summed E-state index contributed by atoms with van der Waals surface area (Å²) >= 11 is 18.2. The van der Waals surface area contributed by atoms with Gasteiger partial charge in [-0.25, -0.2) is 19.9 Å². The first-order valence-corrected chi connectivity index (χ1v) is 18.3. The van der Waals surface area contributed by atoms with Crippen LogP contribution in [0, 0.1) is 13.8 Å². The number of rotatable bonds is 3. The minimum Gasteiger partial charge on any atom is -0.381 e. The lowest BCUT2D eigenvalue weighted by molar-refractivity contribution is 0.198. The molecule has 0 unspecified atom stereocenters. The molecule has 1 aliphatic rings. The van der Waals surface area contributed by atoms with Crippen molar-refractivity contribution in [2.75, 3.05) is 13.2 Å². The van der Waals surface area contributed by atoms with Crippen LogP contribution < -0.4 is 0 Å². The highest BCUT2D eigenvalue weighted by Gasteiger charge is 2.16. The van der Waals surface area contributed by atoms with E-state index in [1.54, 1.807) is 12.4 Å². The third-order valence-electron chi connectivity index (χ3n) is 7.67. The van der Waals surface area contributed by atoms with E-state index in [0.717, 1.165) is 83.3 Å². The molecular formula is C36H30Br2Cl2N6O3S. The fraction of sp³-hybridized carbons (Fsp3) is 0.167. The Labute approximate surface area is 319 Å². The lowest BCUT2D eigenvalue weighted by Gasteiger charge is -2.04. The van der Waals surface area contributed by atoms with Gasteiger partial charge < -0.3 is 14.3 Å². The zero-order valence-electron chi connectivity index (χ0n) is 26.9. The van der Waals surface area contributed by atoms with Gasteiger partial charge in [-0.2, -0.15) is 8.42 Å². The van der Waals surface area contributed by atoms with Crippen molar-refractivity contribution >= 4 is 88.4 Å². The van der Waals surface area contributed by atoms with Crippen molar-refractivity contribution in [3.05, 3.63) is 122 Å². The molecule has 4 aromatic heterocycles. The predicted octanol–water partition coefficient (Wildman–Crippen LogP) is 10.3. The summed E-state index contributed by atoms with van der Waals surface area (Å²) in [6.07, 6.45) is 10.1. The van der Waals surface area contributed by atoms with E-state index in [9.17, 15) is 0 Å². The summed E-state index contributed by atoms with van der Waals surface area (Å²) in [5.74, 6) is 0. The summed E-state index contributed by atoms with van der Waals surface area (Å²) in [6, 6.07) is 22.6. The Balaban J connectivity index is 0.000000164. The van der Waals surface area contributed by atoms with Gasteiger partial charge in [-0.05, 0) is 97.4 Å². The number of ether oxygens (including phenoxy) is 1. The van der Waals surface area contributed by atoms with Crippen LogP contribution in [0.4, 0.5) is 0 Å². The van der Waals surface area contributed by atoms with Crippen LogP contribution in [0.15, 0.2) is 100 Å². The average molecular weight is 857 g/mol. The highest BCUT2D eigenvalue weighted by molar-refractivity contribution is 9.10. The second-order valence-corrected chi connectivity index (χ2v) is 13.7. The van der Waals surface area contributed by atoms with Crippen molar-refractivity contribution in [2.45, 2.75) is 26.7 Å². The lowest BCUT2D eigenvalue weighted by atomic mass is 10.1. The first-order valence-electron chi connectivity index (χ1n) is 15.3. The minimum atomic E-state index is -0.750. The molecule has 1 aliphatic heterocycles. The monoisotopic (exact) mass is 854 g/mol. The zero-order valence-corrected chi connectivity index (χ0v) is 32.4. The Kier molecular flexibility index (Phi) is 13.4. The number of benzene rings is 3. The molecule has 8 rings (SSSR count). The molecule has 14 heteroatoms. The van der Waals surface area contributed by atoms with E-state index >= 15 is 0 Å². The first kappa shape index (κ1) is 37.5. The quantitative estimate of drug-likeness (QED) is 0.176. The molecule has 1 N–H and O–H groups in total. The molecular weight excluding hydrogens is 827 g/mol. The van der Waals surface area contributed by atoms with Crippen LogP contribution in [0.25, 0.3) is 50.0 Å². The Morgan fingerprint density at radius 1 is 0.780 bits per heavy atom. The molecule has 0 atom stereocenters. The number of fused-ring (bicyclic) bond motifs is 2. The van der Waals surface area contributed by atoms with Crippen molar-refractivity contribution < 1.29 is 13.2 Å². The summed E-state index contributed by atoms with van der Waals surface area (Å²) in [6.45, 7) is 5.97. The molecule has 256 valence electrons. The van der Waals surface area contributed by atoms with Crippen LogP contribution in [0.1, 0.15) is 24.0 Å². The van der Waals surface area contributed by atoms with E-state index in [2.05, 4.69) is 97.9 Å². The molecule has 0 saturated carbocycles. The van der Waals surface area contributed by atoms with E-state index in [1.165, 1.54) is 12.8 Å². The maximum absolute atomic E-state index is 8.29. The van der Waals surface area contributed by atoms with Gasteiger partial charge in [-0.3, -0.25) is 0 Å². The summed E-state index contributed by atoms with van der Waals surface area (Å²) in [7, 11) is 0. The smallest absolute Gasteiger partial charge is 0.335 e. The number of hydrogen-bond donors (Lipinski definition) is 1. The SMILES string of the molecule is C1CCOC1.Cc1cnc(Cl)nc1-c1c[nH]c2cc(Br)ccc12.Cc1cnc(Cl)nc1-c1cn(-c2ccccc2)c2cc(Br)ccc12.O=S=O. The summed E-state index contributed by atoms with van der Waals surface area (Å²) < 4.78 is 25.8. The molecule has 0 radical (unpaired) electrons. The Bertz CT molecular complexity index is 2270. The van der Waals surface area contributed by atoms with Crippen molar-refractivity contribution in [2.24, 2.45) is 0 Å². The average Bonchev–Trinajstić information content (AvgIpc) is 3.90. The highest BCUT2D eigenvalue weighted by atomic mass is 79.9. The summed E-state index contributed by atoms with van der Waals surface area (Å²) in [4.78, 5) is 20.0. The van der Waals surface area contributed by atoms with Crippen LogP contribution >= 0.6 is 55.1 Å². The van der Waals surface area contributed by atoms with Crippen molar-refractivity contribution in [1.29, 1.82) is 0 Å². The van der Waals surface area contributed by atoms with E-state index in [1.807, 2.05) is 56.4 Å². The number of aryl methyl sites for hydroxylation is 2. The topological polar surface area (TPSA) is 116 Å². The number of nitrogens with one attached hydrogen (secondary N) is 1. The minimum absolute atomic E-state index is 0.258. The predicted molar refractivity (Wildman–Crippen MR) is 207 cm³/mol. The molecule has 0 aliphatic carbocycles. The fourth-order valence-electron chi connectivity index (χ4n) is 5.38. The van der Waals surface area contributed by atoms with E-state index < -0.39 is 11.6 Å². The van der Waals surface area contributed by atoms with Gasteiger partial charge in [-0.15, -0.1) is 0 Å². The number of nitrogens with zero attached hydrogens (tertiary/aromatic N) is 5. The number of halogens is 4. The third-order valence-corrected chi connectivity index (χ3v) is 9.02. The van der Waals surface area contributed by atoms with Crippen LogP contribution in [-0.2, 0) is 16.3 Å². The molecule has 1 fully saturated rings. The van der Waals surface area contributed by atoms with E-state index in [-0.39, 0.29) is 10.6 Å². The molecule has 3 aromatic carbocycles. The zero-order chi connectivity index (χ0) is 35.6. The second kappa shape index (κ2) is 17.9. The molecule has 0 amide bonds. The lowest BCUT2D eigenvalue weighted by Crippen LogP contribution is -1.92. The maximum atomic E-state index is 8.29. The largest absolute Gasteiger partial charge is 0.381 e. The Morgan fingerprint density at radius 2 is 1.34 bits per heavy atom. The maximum Gasteiger partial charge on any atom is 0.335 e. The standard InChI is InChI=1S/C19H13BrClN3.C13H9BrClN3.C4H8O.O2S/c1-12-10-22-19(21)23-18(12)16-11-24(14-5-3-2-4-6-14)17-9-13(20)7-8-15(16)17;1-7-5-17-13(15)18-12(7)10-6-16-11-4-8(14)2-3-9(10)11;1-2-4-5-3-1;1-3-2/h2-11H,1H3;2-6,16H,1H3;1-4H2;. The molecule has 0 bridgehead atoms. The Hall–Kier alpha value is -3.78. The van der Waals surface area contributed by atoms with Crippen LogP contribution in [-0.4, -0.2) is 51.1 Å². The van der Waals surface area contributed by atoms with Crippen LogP contribution in [0.2, 0.25) is 10.6 Å². The number of para-hydroxylation sites is 1. The summed E-state index contributed by atoms with van der Waals surface area (Å²) in [5.41, 5.74) is 9.08. The molecule has 1 saturated heterocycles. The molecule has 5 heterocycles. The number of H-pyrrole nitrogens is 1. The van der Waals surface area contributed by atoms with E-state index in [4.69, 9.17) is 36.4 Å². The normalized spacial score (nSPS) is 12.0. The van der Waals surface area contributed by atoms with Crippen LogP contribution in [0.5, 0.6) is 0 Å². The van der Waals surface area contributed by atoms with E-state index in [0.29, 0.717) is 0 Å². The van der Waals surface area contributed by atoms with Gasteiger partial charge in [0, 0.05) is 80.1 Å². The van der Waals surface area contributed by atoms with Gasteiger partial charge in [0.1, 0.15) is 0 Å². The third kappa shape index (κ3) is 9.30. The highest BCUT2D eigenvalue weighted by Crippen LogP contribution is 2.35. The van der Waals surface area contributed by atoms with Crippen molar-refractivity contribution in [1.82, 2.24) is 29.5 Å². The van der Waals surface area contributed by atoms with Gasteiger partial charge in [0.15, 0.2) is 0 Å². The number of aromatic nitrogens is 6. The van der Waals surface area contributed by atoms with Gasteiger partial charge in [-0.1, -0.05) is 62.2 Å². The van der Waals surface area contributed by atoms with Gasteiger partial charge >= 0.3 is 11.6 Å². The molecule has 7 aromatic rings. The molecule has 50 heavy (non-hydrogen) atoms. The Morgan fingerprint density at radius 3 is 1.92 bits per heavy atom.